The average Bonchev–Trinajstić information content (AvgIpc) is 2.70. The Labute approximate surface area is 125 Å². The number of rotatable bonds is 1. The zero-order chi connectivity index (χ0) is 13.8. The van der Waals surface area contributed by atoms with Crippen LogP contribution in [0.25, 0.3) is 0 Å². The lowest BCUT2D eigenvalue weighted by molar-refractivity contribution is -0.119. The van der Waals surface area contributed by atoms with Gasteiger partial charge in [-0.3, -0.25) is 4.79 Å². The molecule has 0 fully saturated rings. The molecule has 0 aromatic heterocycles. The van der Waals surface area contributed by atoms with Gasteiger partial charge in [-0.15, -0.1) is 12.4 Å². The van der Waals surface area contributed by atoms with E-state index in [1.807, 2.05) is 20.8 Å². The van der Waals surface area contributed by atoms with Gasteiger partial charge in [0.05, 0.1) is 5.69 Å². The predicted molar refractivity (Wildman–Crippen MR) is 81.7 cm³/mol. The van der Waals surface area contributed by atoms with Crippen LogP contribution in [0.15, 0.2) is 6.07 Å². The number of ether oxygens (including phenoxy) is 1. The van der Waals surface area contributed by atoms with Gasteiger partial charge in [0, 0.05) is 24.4 Å². The average molecular weight is 297 g/mol. The van der Waals surface area contributed by atoms with Gasteiger partial charge in [0.25, 0.3) is 0 Å². The quantitative estimate of drug-likeness (QED) is 0.835. The van der Waals surface area contributed by atoms with Gasteiger partial charge in [-0.05, 0) is 31.4 Å². The van der Waals surface area contributed by atoms with Crippen LogP contribution in [0.5, 0.6) is 5.75 Å². The molecule has 0 spiro atoms. The molecular weight excluding hydrogens is 276 g/mol. The van der Waals surface area contributed by atoms with Gasteiger partial charge in [-0.25, -0.2) is 0 Å². The summed E-state index contributed by atoms with van der Waals surface area (Å²) in [4.78, 5) is 11.8. The Balaban J connectivity index is 0.00000147. The van der Waals surface area contributed by atoms with Crippen LogP contribution in [0, 0.1) is 12.8 Å². The summed E-state index contributed by atoms with van der Waals surface area (Å²) in [6, 6.07) is 2.12. The highest BCUT2D eigenvalue weighted by molar-refractivity contribution is 5.97. The number of carbonyl (C=O) groups is 1. The fourth-order valence-electron chi connectivity index (χ4n) is 3.02. The number of nitrogens with two attached hydrogens (primary N) is 1. The minimum absolute atomic E-state index is 0. The first-order valence-electron chi connectivity index (χ1n) is 6.79. The molecule has 2 aliphatic rings. The molecule has 0 saturated heterocycles. The van der Waals surface area contributed by atoms with Crippen molar-refractivity contribution in [1.82, 2.24) is 0 Å². The van der Waals surface area contributed by atoms with E-state index in [1.54, 1.807) is 0 Å². The molecular formula is C15H21ClN2O2. The van der Waals surface area contributed by atoms with E-state index in [2.05, 4.69) is 11.4 Å². The van der Waals surface area contributed by atoms with Crippen molar-refractivity contribution < 1.29 is 9.53 Å². The minimum Gasteiger partial charge on any atom is -0.485 e. The Kier molecular flexibility index (Phi) is 3.73. The first kappa shape index (κ1) is 15.1. The highest BCUT2D eigenvalue weighted by atomic mass is 35.5. The Morgan fingerprint density at radius 1 is 1.55 bits per heavy atom. The van der Waals surface area contributed by atoms with Crippen LogP contribution in [-0.2, 0) is 17.6 Å². The van der Waals surface area contributed by atoms with Gasteiger partial charge < -0.3 is 15.8 Å². The van der Waals surface area contributed by atoms with Crippen molar-refractivity contribution in [2.24, 2.45) is 11.7 Å². The lowest BCUT2D eigenvalue weighted by Gasteiger charge is -2.27. The van der Waals surface area contributed by atoms with E-state index >= 15 is 0 Å². The minimum atomic E-state index is -0.311. The van der Waals surface area contributed by atoms with Gasteiger partial charge in [0.2, 0.25) is 5.91 Å². The van der Waals surface area contributed by atoms with Gasteiger partial charge in [-0.1, -0.05) is 13.0 Å². The Morgan fingerprint density at radius 3 is 2.90 bits per heavy atom. The summed E-state index contributed by atoms with van der Waals surface area (Å²) in [5.74, 6) is 1.03. The smallest absolute Gasteiger partial charge is 0.227 e. The summed E-state index contributed by atoms with van der Waals surface area (Å²) in [7, 11) is 0. The van der Waals surface area contributed by atoms with E-state index in [1.165, 1.54) is 5.56 Å². The second-order valence-electron chi connectivity index (χ2n) is 6.06. The molecule has 2 atom stereocenters. The van der Waals surface area contributed by atoms with Gasteiger partial charge in [0.1, 0.15) is 11.4 Å². The first-order valence-corrected chi connectivity index (χ1v) is 6.79. The molecule has 0 saturated carbocycles. The highest BCUT2D eigenvalue weighted by Crippen LogP contribution is 2.44. The van der Waals surface area contributed by atoms with Crippen LogP contribution in [0.2, 0.25) is 0 Å². The second-order valence-corrected chi connectivity index (χ2v) is 6.06. The number of amides is 1. The molecule has 4 nitrogen and oxygen atoms in total. The van der Waals surface area contributed by atoms with Crippen molar-refractivity contribution in [3.8, 4) is 5.75 Å². The van der Waals surface area contributed by atoms with E-state index < -0.39 is 0 Å². The Hall–Kier alpha value is -1.26. The molecule has 3 N–H and O–H groups in total. The molecule has 5 heteroatoms. The highest BCUT2D eigenvalue weighted by Gasteiger charge is 2.38. The zero-order valence-corrected chi connectivity index (χ0v) is 12.9. The molecule has 0 bridgehead atoms. The van der Waals surface area contributed by atoms with Crippen LogP contribution < -0.4 is 15.8 Å². The standard InChI is InChI=1S/C15H20N2O2.ClH/c1-8-4-10-6-15(3,7-16)19-13(10)11-5-9(2)14(18)17-12(8)11;/h4,9H,5-7,16H2,1-3H3,(H,17,18);1H. The maximum absolute atomic E-state index is 11.8. The Morgan fingerprint density at radius 2 is 2.25 bits per heavy atom. The lowest BCUT2D eigenvalue weighted by atomic mass is 9.89. The van der Waals surface area contributed by atoms with Crippen molar-refractivity contribution in [3.63, 3.8) is 0 Å². The SMILES string of the molecule is Cc1cc2c(c3c1NC(=O)C(C)C3)OC(C)(CN)C2.Cl. The molecule has 1 aromatic rings. The molecule has 2 aliphatic heterocycles. The van der Waals surface area contributed by atoms with Gasteiger partial charge in [0.15, 0.2) is 0 Å². The van der Waals surface area contributed by atoms with Gasteiger partial charge in [-0.2, -0.15) is 0 Å². The molecule has 1 amide bonds. The molecule has 0 aliphatic carbocycles. The van der Waals surface area contributed by atoms with Crippen LogP contribution in [0.3, 0.4) is 0 Å². The number of benzene rings is 1. The monoisotopic (exact) mass is 296 g/mol. The number of fused-ring (bicyclic) bond motifs is 3. The van der Waals surface area contributed by atoms with Crippen LogP contribution in [-0.4, -0.2) is 18.1 Å². The van der Waals surface area contributed by atoms with Crippen molar-refractivity contribution >= 4 is 24.0 Å². The van der Waals surface area contributed by atoms with Crippen LogP contribution >= 0.6 is 12.4 Å². The largest absolute Gasteiger partial charge is 0.485 e. The van der Waals surface area contributed by atoms with E-state index in [4.69, 9.17) is 10.5 Å². The maximum Gasteiger partial charge on any atom is 0.227 e. The van der Waals surface area contributed by atoms with Crippen molar-refractivity contribution in [2.45, 2.75) is 39.2 Å². The fraction of sp³-hybridized carbons (Fsp3) is 0.533. The van der Waals surface area contributed by atoms with E-state index in [0.717, 1.165) is 35.4 Å². The summed E-state index contributed by atoms with van der Waals surface area (Å²) in [5.41, 5.74) is 9.90. The molecule has 0 radical (unpaired) electrons. The summed E-state index contributed by atoms with van der Waals surface area (Å²) >= 11 is 0. The number of halogens is 1. The summed E-state index contributed by atoms with van der Waals surface area (Å²) < 4.78 is 6.10. The number of anilines is 1. The van der Waals surface area contributed by atoms with Gasteiger partial charge >= 0.3 is 0 Å². The Bertz CT molecular complexity index is 573. The molecule has 110 valence electrons. The molecule has 3 rings (SSSR count). The number of aryl methyl sites for hydroxylation is 1. The topological polar surface area (TPSA) is 64.3 Å². The third-order valence-electron chi connectivity index (χ3n) is 4.20. The third kappa shape index (κ3) is 2.17. The second kappa shape index (κ2) is 4.93. The number of carbonyl (C=O) groups excluding carboxylic acids is 1. The summed E-state index contributed by atoms with van der Waals surface area (Å²) in [6.07, 6.45) is 1.58. The van der Waals surface area contributed by atoms with Crippen LogP contribution in [0.4, 0.5) is 5.69 Å². The maximum atomic E-state index is 11.8. The summed E-state index contributed by atoms with van der Waals surface area (Å²) in [6.45, 7) is 6.52. The molecule has 2 heterocycles. The van der Waals surface area contributed by atoms with E-state index in [9.17, 15) is 4.79 Å². The zero-order valence-electron chi connectivity index (χ0n) is 12.1. The van der Waals surface area contributed by atoms with E-state index in [-0.39, 0.29) is 29.8 Å². The third-order valence-corrected chi connectivity index (χ3v) is 4.20. The van der Waals surface area contributed by atoms with Crippen molar-refractivity contribution in [1.29, 1.82) is 0 Å². The van der Waals surface area contributed by atoms with Crippen LogP contribution in [0.1, 0.15) is 30.5 Å². The van der Waals surface area contributed by atoms with Crippen molar-refractivity contribution in [2.75, 3.05) is 11.9 Å². The number of nitrogens with one attached hydrogen (secondary N) is 1. The molecule has 2 unspecified atom stereocenters. The predicted octanol–water partition coefficient (Wildman–Crippen LogP) is 2.20. The number of hydrogen-bond acceptors (Lipinski definition) is 3. The fourth-order valence-corrected chi connectivity index (χ4v) is 3.02. The normalized spacial score (nSPS) is 27.0. The number of hydrogen-bond donors (Lipinski definition) is 2. The van der Waals surface area contributed by atoms with E-state index in [0.29, 0.717) is 6.54 Å². The summed E-state index contributed by atoms with van der Waals surface area (Å²) in [5, 5.41) is 3.00. The first-order chi connectivity index (χ1) is 8.93. The lowest BCUT2D eigenvalue weighted by Crippen LogP contribution is -2.39. The molecule has 1 aromatic carbocycles. The molecule has 20 heavy (non-hydrogen) atoms. The van der Waals surface area contributed by atoms with Crippen molar-refractivity contribution in [3.05, 3.63) is 22.8 Å².